The molecule has 0 amide bonds. The maximum Gasteiger partial charge on any atom is 0.177 e. The number of aryl methyl sites for hydroxylation is 2. The first-order chi connectivity index (χ1) is 6.68. The van der Waals surface area contributed by atoms with Gasteiger partial charge in [0.25, 0.3) is 0 Å². The van der Waals surface area contributed by atoms with E-state index in [0.29, 0.717) is 5.69 Å². The number of aromatic nitrogens is 4. The zero-order valence-corrected chi connectivity index (χ0v) is 8.10. The summed E-state index contributed by atoms with van der Waals surface area (Å²) in [6.45, 7) is 3.79. The second-order valence-electron chi connectivity index (χ2n) is 3.12. The van der Waals surface area contributed by atoms with Crippen LogP contribution in [0.4, 0.5) is 5.69 Å². The summed E-state index contributed by atoms with van der Waals surface area (Å²) in [4.78, 5) is 5.82. The van der Waals surface area contributed by atoms with Gasteiger partial charge < -0.3 is 5.73 Å². The average molecular weight is 189 g/mol. The molecule has 5 heteroatoms. The molecule has 0 aromatic carbocycles. The topological polar surface area (TPSA) is 69.6 Å². The maximum atomic E-state index is 5.73. The van der Waals surface area contributed by atoms with Crippen LogP contribution in [0.1, 0.15) is 11.3 Å². The third-order valence-electron chi connectivity index (χ3n) is 2.02. The van der Waals surface area contributed by atoms with Gasteiger partial charge in [-0.2, -0.15) is 10.2 Å². The van der Waals surface area contributed by atoms with Gasteiger partial charge in [0.1, 0.15) is 0 Å². The van der Waals surface area contributed by atoms with Gasteiger partial charge in [-0.15, -0.1) is 4.80 Å². The molecule has 2 rings (SSSR count). The number of nitrogens with two attached hydrogens (primary N) is 1. The minimum atomic E-state index is 0.693. The molecule has 0 fully saturated rings. The summed E-state index contributed by atoms with van der Waals surface area (Å²) in [5.74, 6) is 0.724. The minimum Gasteiger partial charge on any atom is -0.397 e. The van der Waals surface area contributed by atoms with E-state index in [1.807, 2.05) is 19.9 Å². The normalized spacial score (nSPS) is 10.4. The molecular weight excluding hydrogens is 178 g/mol. The van der Waals surface area contributed by atoms with Gasteiger partial charge >= 0.3 is 0 Å². The highest BCUT2D eigenvalue weighted by molar-refractivity contribution is 5.49. The Bertz CT molecular complexity index is 446. The van der Waals surface area contributed by atoms with E-state index in [1.54, 1.807) is 12.4 Å². The lowest BCUT2D eigenvalue weighted by molar-refractivity contribution is 0.721. The summed E-state index contributed by atoms with van der Waals surface area (Å²) >= 11 is 0. The minimum absolute atomic E-state index is 0.693. The quantitative estimate of drug-likeness (QED) is 0.722. The van der Waals surface area contributed by atoms with Crippen LogP contribution in [0.2, 0.25) is 0 Å². The van der Waals surface area contributed by atoms with Gasteiger partial charge in [0.15, 0.2) is 5.82 Å². The molecule has 0 aliphatic rings. The number of nitrogens with zero attached hydrogens (tertiary/aromatic N) is 4. The molecule has 0 saturated carbocycles. The van der Waals surface area contributed by atoms with E-state index in [0.717, 1.165) is 17.1 Å². The monoisotopic (exact) mass is 189 g/mol. The highest BCUT2D eigenvalue weighted by atomic mass is 15.5. The second-order valence-corrected chi connectivity index (χ2v) is 3.12. The molecule has 0 aliphatic heterocycles. The third kappa shape index (κ3) is 1.32. The Morgan fingerprint density at radius 1 is 1.21 bits per heavy atom. The largest absolute Gasteiger partial charge is 0.397 e. The lowest BCUT2D eigenvalue weighted by atomic mass is 10.2. The van der Waals surface area contributed by atoms with Crippen LogP contribution in [0.15, 0.2) is 18.5 Å². The van der Waals surface area contributed by atoms with Crippen molar-refractivity contribution in [2.24, 2.45) is 0 Å². The summed E-state index contributed by atoms with van der Waals surface area (Å²) in [7, 11) is 0. The zero-order valence-electron chi connectivity index (χ0n) is 8.10. The van der Waals surface area contributed by atoms with E-state index >= 15 is 0 Å². The molecule has 5 nitrogen and oxygen atoms in total. The van der Waals surface area contributed by atoms with Crippen molar-refractivity contribution in [2.45, 2.75) is 13.8 Å². The smallest absolute Gasteiger partial charge is 0.177 e. The van der Waals surface area contributed by atoms with E-state index < -0.39 is 0 Å². The maximum absolute atomic E-state index is 5.73. The second kappa shape index (κ2) is 3.10. The summed E-state index contributed by atoms with van der Waals surface area (Å²) in [6.07, 6.45) is 3.24. The molecule has 72 valence electrons. The van der Waals surface area contributed by atoms with Gasteiger partial charge in [-0.3, -0.25) is 0 Å². The molecule has 0 spiro atoms. The summed E-state index contributed by atoms with van der Waals surface area (Å²) in [6, 6.07) is 1.88. The SMILES string of the molecule is Cc1cc(N)c(C)nc1-n1nccn1. The Morgan fingerprint density at radius 3 is 2.50 bits per heavy atom. The summed E-state index contributed by atoms with van der Waals surface area (Å²) in [5, 5.41) is 8.04. The van der Waals surface area contributed by atoms with Crippen LogP contribution in [0.5, 0.6) is 0 Å². The van der Waals surface area contributed by atoms with Crippen LogP contribution in [-0.4, -0.2) is 20.0 Å². The van der Waals surface area contributed by atoms with Gasteiger partial charge in [0.2, 0.25) is 0 Å². The predicted molar refractivity (Wildman–Crippen MR) is 53.0 cm³/mol. The van der Waals surface area contributed by atoms with Crippen LogP contribution in [0.3, 0.4) is 0 Å². The van der Waals surface area contributed by atoms with Crippen molar-refractivity contribution in [3.05, 3.63) is 29.7 Å². The molecule has 0 aliphatic carbocycles. The van der Waals surface area contributed by atoms with E-state index in [2.05, 4.69) is 15.2 Å². The Balaban J connectivity index is 2.60. The lowest BCUT2D eigenvalue weighted by Crippen LogP contribution is -2.06. The van der Waals surface area contributed by atoms with Crippen molar-refractivity contribution in [1.29, 1.82) is 0 Å². The summed E-state index contributed by atoms with van der Waals surface area (Å²) < 4.78 is 0. The molecule has 0 bridgehead atoms. The Morgan fingerprint density at radius 2 is 1.86 bits per heavy atom. The first kappa shape index (κ1) is 8.68. The van der Waals surface area contributed by atoms with Gasteiger partial charge in [-0.05, 0) is 25.5 Å². The van der Waals surface area contributed by atoms with Crippen molar-refractivity contribution < 1.29 is 0 Å². The standard InChI is InChI=1S/C9H11N5/c1-6-5-8(10)7(2)13-9(6)14-11-3-4-12-14/h3-5H,10H2,1-2H3. The fourth-order valence-electron chi connectivity index (χ4n) is 1.24. The molecule has 0 saturated heterocycles. The molecule has 14 heavy (non-hydrogen) atoms. The van der Waals surface area contributed by atoms with Gasteiger partial charge in [-0.25, -0.2) is 4.98 Å². The van der Waals surface area contributed by atoms with E-state index in [1.165, 1.54) is 4.80 Å². The number of hydrogen-bond acceptors (Lipinski definition) is 4. The Labute approximate surface area is 81.6 Å². The molecule has 2 N–H and O–H groups in total. The molecule has 2 heterocycles. The van der Waals surface area contributed by atoms with Crippen molar-refractivity contribution in [1.82, 2.24) is 20.0 Å². The number of anilines is 1. The highest BCUT2D eigenvalue weighted by Crippen LogP contribution is 2.15. The third-order valence-corrected chi connectivity index (χ3v) is 2.02. The lowest BCUT2D eigenvalue weighted by Gasteiger charge is -2.06. The first-order valence-corrected chi connectivity index (χ1v) is 4.29. The fraction of sp³-hybridized carbons (Fsp3) is 0.222. The number of hydrogen-bond donors (Lipinski definition) is 1. The van der Waals surface area contributed by atoms with E-state index in [9.17, 15) is 0 Å². The van der Waals surface area contributed by atoms with Crippen LogP contribution in [-0.2, 0) is 0 Å². The highest BCUT2D eigenvalue weighted by Gasteiger charge is 2.06. The molecular formula is C9H11N5. The summed E-state index contributed by atoms with van der Waals surface area (Å²) in [5.41, 5.74) is 8.18. The van der Waals surface area contributed by atoms with Crippen LogP contribution >= 0.6 is 0 Å². The Kier molecular flexibility index (Phi) is 1.92. The molecule has 0 unspecified atom stereocenters. The number of pyridine rings is 1. The van der Waals surface area contributed by atoms with Gasteiger partial charge in [0, 0.05) is 0 Å². The van der Waals surface area contributed by atoms with Crippen LogP contribution in [0.25, 0.3) is 5.82 Å². The van der Waals surface area contributed by atoms with Crippen LogP contribution in [0, 0.1) is 13.8 Å². The number of rotatable bonds is 1. The van der Waals surface area contributed by atoms with Crippen molar-refractivity contribution >= 4 is 5.69 Å². The van der Waals surface area contributed by atoms with Crippen molar-refractivity contribution in [2.75, 3.05) is 5.73 Å². The van der Waals surface area contributed by atoms with E-state index in [4.69, 9.17) is 5.73 Å². The van der Waals surface area contributed by atoms with Crippen molar-refractivity contribution in [3.63, 3.8) is 0 Å². The predicted octanol–water partition coefficient (Wildman–Crippen LogP) is 0.861. The average Bonchev–Trinajstić information content (AvgIpc) is 2.64. The first-order valence-electron chi connectivity index (χ1n) is 4.29. The zero-order chi connectivity index (χ0) is 10.1. The Hall–Kier alpha value is -1.91. The van der Waals surface area contributed by atoms with Gasteiger partial charge in [0.05, 0.1) is 23.8 Å². The molecule has 2 aromatic heterocycles. The van der Waals surface area contributed by atoms with Gasteiger partial charge in [-0.1, -0.05) is 0 Å². The van der Waals surface area contributed by atoms with Crippen molar-refractivity contribution in [3.8, 4) is 5.82 Å². The fourth-order valence-corrected chi connectivity index (χ4v) is 1.24. The van der Waals surface area contributed by atoms with E-state index in [-0.39, 0.29) is 0 Å². The number of nitrogen functional groups attached to an aromatic ring is 1. The molecule has 2 aromatic rings. The van der Waals surface area contributed by atoms with Crippen LogP contribution < -0.4 is 5.73 Å². The molecule has 0 radical (unpaired) electrons. The molecule has 0 atom stereocenters.